The summed E-state index contributed by atoms with van der Waals surface area (Å²) >= 11 is 0. The fourth-order valence-electron chi connectivity index (χ4n) is 3.56. The number of likely N-dealkylation sites (tertiary alicyclic amines) is 1. The van der Waals surface area contributed by atoms with E-state index in [-0.39, 0.29) is 23.0 Å². The first-order chi connectivity index (χ1) is 13.0. The van der Waals surface area contributed by atoms with E-state index in [0.29, 0.717) is 17.2 Å². The van der Waals surface area contributed by atoms with Gasteiger partial charge >= 0.3 is 0 Å². The van der Waals surface area contributed by atoms with Crippen molar-refractivity contribution in [3.8, 4) is 11.5 Å². The Labute approximate surface area is 156 Å². The van der Waals surface area contributed by atoms with Gasteiger partial charge in [-0.2, -0.15) is 0 Å². The van der Waals surface area contributed by atoms with Gasteiger partial charge in [0.25, 0.3) is 11.5 Å². The van der Waals surface area contributed by atoms with Crippen molar-refractivity contribution in [3.63, 3.8) is 0 Å². The summed E-state index contributed by atoms with van der Waals surface area (Å²) in [6.07, 6.45) is 0.926. The highest BCUT2D eigenvalue weighted by Gasteiger charge is 2.29. The molecule has 1 aliphatic rings. The molecule has 0 aliphatic carbocycles. The minimum absolute atomic E-state index is 0.142. The van der Waals surface area contributed by atoms with Crippen LogP contribution in [0.3, 0.4) is 0 Å². The van der Waals surface area contributed by atoms with E-state index in [1.54, 1.807) is 25.1 Å². The summed E-state index contributed by atoms with van der Waals surface area (Å²) in [7, 11) is 5.43. The minimum atomic E-state index is -0.335. The van der Waals surface area contributed by atoms with Crippen LogP contribution in [0.2, 0.25) is 0 Å². The summed E-state index contributed by atoms with van der Waals surface area (Å²) in [5.74, 6) is 0.188. The normalized spacial score (nSPS) is 17.5. The van der Waals surface area contributed by atoms with Gasteiger partial charge in [0, 0.05) is 38.3 Å². The SMILES string of the molecule is CN1CCC(N(C)C(=O)c2cc3oc(-c4ccccc4)nc3c(=O)n2C)C1. The second-order valence-electron chi connectivity index (χ2n) is 7.11. The molecule has 4 rings (SSSR count). The third-order valence-corrected chi connectivity index (χ3v) is 5.26. The third-order valence-electron chi connectivity index (χ3n) is 5.26. The molecule has 0 saturated carbocycles. The van der Waals surface area contributed by atoms with Crippen molar-refractivity contribution in [2.75, 3.05) is 27.2 Å². The molecule has 1 atom stereocenters. The Morgan fingerprint density at radius 2 is 2.00 bits per heavy atom. The molecule has 7 nitrogen and oxygen atoms in total. The number of pyridine rings is 1. The molecule has 0 N–H and O–H groups in total. The van der Waals surface area contributed by atoms with Gasteiger partial charge in [-0.05, 0) is 32.1 Å². The highest BCUT2D eigenvalue weighted by atomic mass is 16.3. The van der Waals surface area contributed by atoms with Gasteiger partial charge in [0.05, 0.1) is 0 Å². The van der Waals surface area contributed by atoms with E-state index in [1.807, 2.05) is 37.4 Å². The summed E-state index contributed by atoms with van der Waals surface area (Å²) in [6, 6.07) is 11.2. The van der Waals surface area contributed by atoms with E-state index in [0.717, 1.165) is 25.1 Å². The van der Waals surface area contributed by atoms with E-state index < -0.39 is 0 Å². The summed E-state index contributed by atoms with van der Waals surface area (Å²) in [4.78, 5) is 34.0. The van der Waals surface area contributed by atoms with Gasteiger partial charge in [-0.25, -0.2) is 4.98 Å². The summed E-state index contributed by atoms with van der Waals surface area (Å²) in [6.45, 7) is 1.79. The van der Waals surface area contributed by atoms with Crippen molar-refractivity contribution in [1.82, 2.24) is 19.4 Å². The van der Waals surface area contributed by atoms with Gasteiger partial charge in [-0.3, -0.25) is 9.59 Å². The summed E-state index contributed by atoms with van der Waals surface area (Å²) < 4.78 is 7.16. The number of oxazole rings is 1. The van der Waals surface area contributed by atoms with Gasteiger partial charge in [0.2, 0.25) is 5.89 Å². The number of carbonyl (C=O) groups excluding carboxylic acids is 1. The highest BCUT2D eigenvalue weighted by molar-refractivity contribution is 5.95. The number of fused-ring (bicyclic) bond motifs is 1. The summed E-state index contributed by atoms with van der Waals surface area (Å²) in [5.41, 5.74) is 1.32. The molecule has 1 saturated heterocycles. The molecule has 3 heterocycles. The molecule has 1 aromatic carbocycles. The molecule has 1 unspecified atom stereocenters. The predicted molar refractivity (Wildman–Crippen MR) is 103 cm³/mol. The average molecular weight is 366 g/mol. The van der Waals surface area contributed by atoms with Gasteiger partial charge in [0.15, 0.2) is 11.1 Å². The van der Waals surface area contributed by atoms with Crippen LogP contribution in [0, 0.1) is 0 Å². The lowest BCUT2D eigenvalue weighted by molar-refractivity contribution is 0.0726. The van der Waals surface area contributed by atoms with Gasteiger partial charge in [-0.15, -0.1) is 0 Å². The Kier molecular flexibility index (Phi) is 4.31. The highest BCUT2D eigenvalue weighted by Crippen LogP contribution is 2.23. The molecule has 1 amide bonds. The Morgan fingerprint density at radius 3 is 2.67 bits per heavy atom. The van der Waals surface area contributed by atoms with Crippen molar-refractivity contribution in [1.29, 1.82) is 0 Å². The standard InChI is InChI=1S/C20H22N4O3/c1-22-10-9-14(12-22)23(2)19(25)15-11-16-17(20(26)24(15)3)21-18(27-16)13-7-5-4-6-8-13/h4-8,11,14H,9-10,12H2,1-3H3. The van der Waals surface area contributed by atoms with Gasteiger partial charge < -0.3 is 18.8 Å². The fourth-order valence-corrected chi connectivity index (χ4v) is 3.56. The number of aromatic nitrogens is 2. The van der Waals surface area contributed by atoms with E-state index in [2.05, 4.69) is 9.88 Å². The minimum Gasteiger partial charge on any atom is -0.436 e. The largest absolute Gasteiger partial charge is 0.436 e. The molecular weight excluding hydrogens is 344 g/mol. The number of nitrogens with zero attached hydrogens (tertiary/aromatic N) is 4. The van der Waals surface area contributed by atoms with E-state index in [1.165, 1.54) is 4.57 Å². The Balaban J connectivity index is 1.74. The number of rotatable bonds is 3. The van der Waals surface area contributed by atoms with E-state index in [4.69, 9.17) is 4.42 Å². The Bertz CT molecular complexity index is 1050. The Morgan fingerprint density at radius 1 is 1.26 bits per heavy atom. The molecular formula is C20H22N4O3. The maximum Gasteiger partial charge on any atom is 0.280 e. The number of hydrogen-bond donors (Lipinski definition) is 0. The first-order valence-corrected chi connectivity index (χ1v) is 8.97. The van der Waals surface area contributed by atoms with Crippen LogP contribution in [0.15, 0.2) is 45.6 Å². The van der Waals surface area contributed by atoms with Crippen molar-refractivity contribution in [2.45, 2.75) is 12.5 Å². The number of benzene rings is 1. The fraction of sp³-hybridized carbons (Fsp3) is 0.350. The van der Waals surface area contributed by atoms with Crippen LogP contribution in [0.5, 0.6) is 0 Å². The van der Waals surface area contributed by atoms with Crippen LogP contribution in [0.25, 0.3) is 22.6 Å². The molecule has 0 radical (unpaired) electrons. The quantitative estimate of drug-likeness (QED) is 0.709. The molecule has 1 aliphatic heterocycles. The molecule has 1 fully saturated rings. The number of likely N-dealkylation sites (N-methyl/N-ethyl adjacent to an activating group) is 2. The summed E-state index contributed by atoms with van der Waals surface area (Å²) in [5, 5.41) is 0. The van der Waals surface area contributed by atoms with Gasteiger partial charge in [-0.1, -0.05) is 18.2 Å². The number of amides is 1. The maximum absolute atomic E-state index is 13.0. The second-order valence-corrected chi connectivity index (χ2v) is 7.11. The molecule has 0 bridgehead atoms. The van der Waals surface area contributed by atoms with Crippen molar-refractivity contribution in [3.05, 3.63) is 52.4 Å². The number of hydrogen-bond acceptors (Lipinski definition) is 5. The average Bonchev–Trinajstić information content (AvgIpc) is 3.30. The lowest BCUT2D eigenvalue weighted by Crippen LogP contribution is -2.40. The van der Waals surface area contributed by atoms with Crippen LogP contribution in [-0.4, -0.2) is 58.5 Å². The monoisotopic (exact) mass is 366 g/mol. The molecule has 0 spiro atoms. The van der Waals surface area contributed by atoms with Crippen LogP contribution < -0.4 is 5.56 Å². The van der Waals surface area contributed by atoms with Crippen LogP contribution in [0.1, 0.15) is 16.9 Å². The zero-order chi connectivity index (χ0) is 19.1. The van der Waals surface area contributed by atoms with Crippen LogP contribution >= 0.6 is 0 Å². The second kappa shape index (κ2) is 6.66. The molecule has 140 valence electrons. The first-order valence-electron chi connectivity index (χ1n) is 8.97. The zero-order valence-electron chi connectivity index (χ0n) is 15.7. The predicted octanol–water partition coefficient (Wildman–Crippen LogP) is 1.97. The van der Waals surface area contributed by atoms with Crippen molar-refractivity contribution < 1.29 is 9.21 Å². The molecule has 27 heavy (non-hydrogen) atoms. The topological polar surface area (TPSA) is 71.6 Å². The zero-order valence-corrected chi connectivity index (χ0v) is 15.7. The number of carbonyl (C=O) groups is 1. The Hall–Kier alpha value is -2.93. The third kappa shape index (κ3) is 3.04. The first kappa shape index (κ1) is 17.5. The van der Waals surface area contributed by atoms with Crippen LogP contribution in [0.4, 0.5) is 0 Å². The van der Waals surface area contributed by atoms with Crippen molar-refractivity contribution in [2.24, 2.45) is 7.05 Å². The van der Waals surface area contributed by atoms with E-state index >= 15 is 0 Å². The smallest absolute Gasteiger partial charge is 0.280 e. The van der Waals surface area contributed by atoms with Crippen LogP contribution in [-0.2, 0) is 7.05 Å². The van der Waals surface area contributed by atoms with Crippen molar-refractivity contribution >= 4 is 17.0 Å². The molecule has 7 heteroatoms. The molecule has 2 aromatic heterocycles. The lowest BCUT2D eigenvalue weighted by atomic mass is 10.2. The van der Waals surface area contributed by atoms with E-state index in [9.17, 15) is 9.59 Å². The molecule has 3 aromatic rings. The maximum atomic E-state index is 13.0. The lowest BCUT2D eigenvalue weighted by Gasteiger charge is -2.25. The van der Waals surface area contributed by atoms with Gasteiger partial charge in [0.1, 0.15) is 5.69 Å².